The zero-order valence-electron chi connectivity index (χ0n) is 12.1. The summed E-state index contributed by atoms with van der Waals surface area (Å²) < 4.78 is 5.13. The van der Waals surface area contributed by atoms with E-state index in [0.717, 1.165) is 11.3 Å². The Morgan fingerprint density at radius 1 is 1.19 bits per heavy atom. The van der Waals surface area contributed by atoms with Gasteiger partial charge in [0.2, 0.25) is 17.8 Å². The number of hydrogen-bond donors (Lipinski definition) is 2. The maximum Gasteiger partial charge on any atom is 0.234 e. The van der Waals surface area contributed by atoms with Crippen LogP contribution in [0.3, 0.4) is 0 Å². The number of carbonyl (C=O) groups is 1. The van der Waals surface area contributed by atoms with Crippen LogP contribution >= 0.6 is 0 Å². The number of carbonyl (C=O) groups excluding carboxylic acids is 1. The van der Waals surface area contributed by atoms with Crippen LogP contribution in [0.5, 0.6) is 5.75 Å². The second-order valence-electron chi connectivity index (χ2n) is 4.45. The van der Waals surface area contributed by atoms with Gasteiger partial charge in [0.15, 0.2) is 0 Å². The van der Waals surface area contributed by atoms with E-state index in [9.17, 15) is 4.79 Å². The van der Waals surface area contributed by atoms with Gasteiger partial charge in [0.1, 0.15) is 12.1 Å². The molecule has 7 heteroatoms. The molecule has 110 valence electrons. The van der Waals surface area contributed by atoms with Crippen LogP contribution in [-0.4, -0.2) is 28.0 Å². The predicted octanol–water partition coefficient (Wildman–Crippen LogP) is 2.01. The fraction of sp³-hybridized carbons (Fsp3) is 0.286. The first-order valence-electron chi connectivity index (χ1n) is 6.45. The van der Waals surface area contributed by atoms with Crippen LogP contribution in [0, 0.1) is 0 Å². The third-order valence-electron chi connectivity index (χ3n) is 2.82. The van der Waals surface area contributed by atoms with Gasteiger partial charge in [-0.1, -0.05) is 12.1 Å². The standard InChI is InChI=1S/C14H17N5O2/c1-9(11-4-6-12(21-3)7-5-11)17-13-15-8-16-14(19-13)18-10(2)20/h4-9H,1-3H3,(H2,15,16,17,18,19,20). The minimum atomic E-state index is -0.227. The lowest BCUT2D eigenvalue weighted by molar-refractivity contribution is -0.114. The van der Waals surface area contributed by atoms with Gasteiger partial charge in [-0.3, -0.25) is 10.1 Å². The van der Waals surface area contributed by atoms with Crippen molar-refractivity contribution in [2.45, 2.75) is 19.9 Å². The second kappa shape index (κ2) is 6.65. The molecule has 2 aromatic rings. The maximum atomic E-state index is 11.0. The lowest BCUT2D eigenvalue weighted by Gasteiger charge is -2.14. The average molecular weight is 287 g/mol. The summed E-state index contributed by atoms with van der Waals surface area (Å²) in [7, 11) is 1.63. The van der Waals surface area contributed by atoms with Gasteiger partial charge in [0, 0.05) is 6.92 Å². The summed E-state index contributed by atoms with van der Waals surface area (Å²) in [4.78, 5) is 23.0. The number of aromatic nitrogens is 3. The minimum absolute atomic E-state index is 0.00323. The summed E-state index contributed by atoms with van der Waals surface area (Å²) in [5.74, 6) is 1.20. The lowest BCUT2D eigenvalue weighted by Crippen LogP contribution is -2.13. The normalized spacial score (nSPS) is 11.6. The predicted molar refractivity (Wildman–Crippen MR) is 79.2 cm³/mol. The first kappa shape index (κ1) is 14.7. The van der Waals surface area contributed by atoms with E-state index in [1.807, 2.05) is 31.2 Å². The summed E-state index contributed by atoms with van der Waals surface area (Å²) in [6, 6.07) is 7.72. The highest BCUT2D eigenvalue weighted by molar-refractivity contribution is 5.86. The van der Waals surface area contributed by atoms with Crippen molar-refractivity contribution >= 4 is 17.8 Å². The van der Waals surface area contributed by atoms with Gasteiger partial charge in [-0.25, -0.2) is 9.97 Å². The molecule has 0 saturated carbocycles. The molecule has 0 radical (unpaired) electrons. The highest BCUT2D eigenvalue weighted by Crippen LogP contribution is 2.20. The molecule has 1 atom stereocenters. The fourth-order valence-corrected chi connectivity index (χ4v) is 1.75. The van der Waals surface area contributed by atoms with Crippen molar-refractivity contribution < 1.29 is 9.53 Å². The highest BCUT2D eigenvalue weighted by Gasteiger charge is 2.08. The Hall–Kier alpha value is -2.70. The van der Waals surface area contributed by atoms with Crippen LogP contribution in [0.1, 0.15) is 25.5 Å². The molecule has 2 N–H and O–H groups in total. The molecular formula is C14H17N5O2. The molecular weight excluding hydrogens is 270 g/mol. The van der Waals surface area contributed by atoms with E-state index >= 15 is 0 Å². The number of methoxy groups -OCH3 is 1. The smallest absolute Gasteiger partial charge is 0.234 e. The number of nitrogens with zero attached hydrogens (tertiary/aromatic N) is 3. The second-order valence-corrected chi connectivity index (χ2v) is 4.45. The number of amides is 1. The Morgan fingerprint density at radius 2 is 1.86 bits per heavy atom. The van der Waals surface area contributed by atoms with E-state index in [1.165, 1.54) is 13.3 Å². The molecule has 7 nitrogen and oxygen atoms in total. The molecule has 0 spiro atoms. The van der Waals surface area contributed by atoms with Crippen molar-refractivity contribution in [3.05, 3.63) is 36.2 Å². The SMILES string of the molecule is COc1ccc(C(C)Nc2ncnc(NC(C)=O)n2)cc1. The van der Waals surface area contributed by atoms with Crippen LogP contribution in [-0.2, 0) is 4.79 Å². The molecule has 1 aromatic heterocycles. The number of rotatable bonds is 5. The minimum Gasteiger partial charge on any atom is -0.497 e. The largest absolute Gasteiger partial charge is 0.497 e. The van der Waals surface area contributed by atoms with E-state index in [-0.39, 0.29) is 17.9 Å². The third kappa shape index (κ3) is 4.13. The molecule has 21 heavy (non-hydrogen) atoms. The van der Waals surface area contributed by atoms with Crippen molar-refractivity contribution in [3.8, 4) is 5.75 Å². The van der Waals surface area contributed by atoms with Crippen LogP contribution in [0.4, 0.5) is 11.9 Å². The van der Waals surface area contributed by atoms with Gasteiger partial charge in [-0.2, -0.15) is 4.98 Å². The molecule has 0 saturated heterocycles. The van der Waals surface area contributed by atoms with Crippen molar-refractivity contribution in [2.24, 2.45) is 0 Å². The first-order valence-corrected chi connectivity index (χ1v) is 6.45. The van der Waals surface area contributed by atoms with Crippen LogP contribution in [0.2, 0.25) is 0 Å². The third-order valence-corrected chi connectivity index (χ3v) is 2.82. The van der Waals surface area contributed by atoms with Gasteiger partial charge in [0.05, 0.1) is 13.2 Å². The molecule has 0 aliphatic heterocycles. The molecule has 1 aromatic carbocycles. The highest BCUT2D eigenvalue weighted by atomic mass is 16.5. The lowest BCUT2D eigenvalue weighted by atomic mass is 10.1. The van der Waals surface area contributed by atoms with Crippen LogP contribution in [0.15, 0.2) is 30.6 Å². The summed E-state index contributed by atoms with van der Waals surface area (Å²) in [6.45, 7) is 3.39. The van der Waals surface area contributed by atoms with Crippen molar-refractivity contribution in [3.63, 3.8) is 0 Å². The van der Waals surface area contributed by atoms with E-state index < -0.39 is 0 Å². The van der Waals surface area contributed by atoms with Crippen molar-refractivity contribution in [1.29, 1.82) is 0 Å². The molecule has 0 fully saturated rings. The Kier molecular flexibility index (Phi) is 4.65. The van der Waals surface area contributed by atoms with Crippen molar-refractivity contribution in [2.75, 3.05) is 17.7 Å². The molecule has 2 rings (SSSR count). The number of nitrogens with one attached hydrogen (secondary N) is 2. The molecule has 1 amide bonds. The van der Waals surface area contributed by atoms with Crippen molar-refractivity contribution in [1.82, 2.24) is 15.0 Å². The average Bonchev–Trinajstić information content (AvgIpc) is 2.47. The molecule has 0 bridgehead atoms. The zero-order chi connectivity index (χ0) is 15.2. The van der Waals surface area contributed by atoms with Gasteiger partial charge in [-0.15, -0.1) is 0 Å². The Morgan fingerprint density at radius 3 is 2.48 bits per heavy atom. The van der Waals surface area contributed by atoms with E-state index in [1.54, 1.807) is 7.11 Å². The van der Waals surface area contributed by atoms with Gasteiger partial charge in [-0.05, 0) is 24.6 Å². The van der Waals surface area contributed by atoms with Gasteiger partial charge < -0.3 is 10.1 Å². The number of anilines is 2. The number of benzene rings is 1. The summed E-state index contributed by atoms with van der Waals surface area (Å²) >= 11 is 0. The first-order chi connectivity index (χ1) is 10.1. The zero-order valence-corrected chi connectivity index (χ0v) is 12.1. The fourth-order valence-electron chi connectivity index (χ4n) is 1.75. The van der Waals surface area contributed by atoms with E-state index in [0.29, 0.717) is 5.95 Å². The Balaban J connectivity index is 2.07. The molecule has 1 unspecified atom stereocenters. The molecule has 1 heterocycles. The summed E-state index contributed by atoms with van der Waals surface area (Å²) in [5.41, 5.74) is 1.07. The molecule has 0 aliphatic carbocycles. The van der Waals surface area contributed by atoms with Crippen LogP contribution in [0.25, 0.3) is 0 Å². The summed E-state index contributed by atoms with van der Waals surface area (Å²) in [6.07, 6.45) is 1.35. The quantitative estimate of drug-likeness (QED) is 0.874. The maximum absolute atomic E-state index is 11.0. The van der Waals surface area contributed by atoms with Crippen LogP contribution < -0.4 is 15.4 Å². The summed E-state index contributed by atoms with van der Waals surface area (Å²) in [5, 5.41) is 5.67. The van der Waals surface area contributed by atoms with Gasteiger partial charge >= 0.3 is 0 Å². The van der Waals surface area contributed by atoms with E-state index in [4.69, 9.17) is 4.74 Å². The monoisotopic (exact) mass is 287 g/mol. The Bertz CT molecular complexity index is 615. The Labute approximate surface area is 122 Å². The number of hydrogen-bond acceptors (Lipinski definition) is 6. The van der Waals surface area contributed by atoms with E-state index in [2.05, 4.69) is 25.6 Å². The van der Waals surface area contributed by atoms with Gasteiger partial charge in [0.25, 0.3) is 0 Å². The topological polar surface area (TPSA) is 89.0 Å². The molecule has 0 aliphatic rings. The number of ether oxygens (including phenoxy) is 1.